The van der Waals surface area contributed by atoms with Crippen LogP contribution in [0.3, 0.4) is 0 Å². The third kappa shape index (κ3) is 34.9. The zero-order chi connectivity index (χ0) is 80.5. The predicted molar refractivity (Wildman–Crippen MR) is 467 cm³/mol. The molecule has 4 amide bonds. The van der Waals surface area contributed by atoms with Crippen molar-refractivity contribution in [3.05, 3.63) is 170 Å². The number of aryl methyl sites for hydroxylation is 8. The first-order valence-electron chi connectivity index (χ1n) is 39.2. The van der Waals surface area contributed by atoms with Gasteiger partial charge in [-0.25, -0.2) is 9.97 Å². The van der Waals surface area contributed by atoms with Crippen LogP contribution in [0.2, 0.25) is 4.47 Å². The van der Waals surface area contributed by atoms with Gasteiger partial charge < -0.3 is 74.0 Å². The molecule has 5 aliphatic rings. The van der Waals surface area contributed by atoms with Crippen LogP contribution in [0.1, 0.15) is 57.9 Å². The molecule has 8 aromatic rings. The van der Waals surface area contributed by atoms with Crippen molar-refractivity contribution < 1.29 is 70.6 Å². The van der Waals surface area contributed by atoms with Gasteiger partial charge in [0, 0.05) is 187 Å². The number of anilines is 5. The van der Waals surface area contributed by atoms with Crippen molar-refractivity contribution in [3.63, 3.8) is 0 Å². The fourth-order valence-electron chi connectivity index (χ4n) is 13.4. The number of piperazine rings is 4. The summed E-state index contributed by atoms with van der Waals surface area (Å²) in [5.74, 6) is 0.174. The van der Waals surface area contributed by atoms with Crippen molar-refractivity contribution in [2.75, 3.05) is 210 Å². The summed E-state index contributed by atoms with van der Waals surface area (Å²) in [6.45, 7) is 38.6. The number of rotatable bonds is 25. The minimum atomic E-state index is -0.471. The number of β-amino-alcohol motifs (C(OH)–C–C–N with tert-alkyl or cyclic N) is 3. The Morgan fingerprint density at radius 1 is 0.478 bits per heavy atom. The molecule has 0 aliphatic carbocycles. The number of aliphatic hydroxyl groups excluding tert-OH is 3. The number of aromatic nitrogens is 2. The summed E-state index contributed by atoms with van der Waals surface area (Å²) in [5.41, 5.74) is 19.9. The van der Waals surface area contributed by atoms with Crippen LogP contribution in [0, 0.1) is 55.4 Å². The van der Waals surface area contributed by atoms with Gasteiger partial charge in [0.05, 0.1) is 77.6 Å². The maximum Gasteiger partial charge on any atom is 0.238 e. The molecule has 2 aromatic heterocycles. The minimum absolute atomic E-state index is 0. The Labute approximate surface area is 706 Å². The number of nitrogens with two attached hydrogens (primary N) is 1. The van der Waals surface area contributed by atoms with Crippen molar-refractivity contribution >= 4 is 106 Å². The number of amides is 4. The van der Waals surface area contributed by atoms with Crippen LogP contribution >= 0.6 is 34.3 Å². The van der Waals surface area contributed by atoms with Crippen molar-refractivity contribution in [3.8, 4) is 0 Å². The third-order valence-corrected chi connectivity index (χ3v) is 22.2. The van der Waals surface area contributed by atoms with E-state index in [4.69, 9.17) is 22.1 Å². The standard InChI is InChI=1S/C24H31N5O2S.C18H29N3O2.C17H28N4O2.C14H21N3O.C7H4ClNS.C4H9NO.2H2O.Pd/c1-17-6-5-7-18(2)23(17)27-22(31)16-29-12-10-28(11-13-29)15-19(30)14-25-24-26-20-8-3-4-9-21(20)32-24;1-4-16(22)12-20-8-10-21(11-9-20)13-17(23)19-18-14(2)6-5-7-15(18)3;1-13-4-3-5-14(2)17(13)19-16(23)12-21-8-6-20(7-9-21)11-15(22)10-18;1-11-4-3-5-12(2)14(11)16-13(18)10-17-8-6-15-7-9-17;8-7-9-5-3-1-2-4-6(5)10-7;1-5-2-4-3-6-4;;;/h3-9,19,30H,10-16H2,1-2H3,(H,25,26)(H,27,31);5-7,16,22H,4,8-13H2,1-3H3,(H,19,23);3-5,15,22H,6-12,18H2,1-2H3,(H,19,23);3-5,15H,6-10H2,1-2H3,(H,16,18);1-4H;4-5H,2-3H2,1H3;2*1H2;. The van der Waals surface area contributed by atoms with Gasteiger partial charge in [-0.1, -0.05) is 127 Å². The molecule has 31 heteroatoms. The second-order valence-electron chi connectivity index (χ2n) is 29.4. The van der Waals surface area contributed by atoms with E-state index in [1.54, 1.807) is 11.3 Å². The van der Waals surface area contributed by atoms with E-state index in [2.05, 4.69) is 87.6 Å². The molecule has 115 heavy (non-hydrogen) atoms. The molecular formula is C84H126ClN17O10PdS2. The maximum absolute atomic E-state index is 12.5. The van der Waals surface area contributed by atoms with Crippen molar-refractivity contribution in [2.24, 2.45) is 5.73 Å². The number of thiazole rings is 2. The number of halogens is 1. The van der Waals surface area contributed by atoms with Gasteiger partial charge in [0.2, 0.25) is 23.6 Å². The Hall–Kier alpha value is -6.91. The Bertz CT molecular complexity index is 3970. The van der Waals surface area contributed by atoms with E-state index in [1.165, 1.54) is 11.3 Å². The Morgan fingerprint density at radius 2 is 0.791 bits per heavy atom. The molecule has 7 heterocycles. The van der Waals surface area contributed by atoms with E-state index in [1.807, 2.05) is 185 Å². The minimum Gasteiger partial charge on any atom is -0.412 e. The van der Waals surface area contributed by atoms with Crippen molar-refractivity contribution in [1.82, 2.24) is 54.9 Å². The molecule has 6 aromatic carbocycles. The molecule has 27 nitrogen and oxygen atoms in total. The van der Waals surface area contributed by atoms with E-state index >= 15 is 0 Å². The first-order chi connectivity index (χ1) is 53.9. The molecule has 0 saturated carbocycles. The zero-order valence-corrected chi connectivity index (χ0v) is 72.6. The quantitative estimate of drug-likeness (QED) is 0.0207. The third-order valence-electron chi connectivity index (χ3n) is 20.1. The largest absolute Gasteiger partial charge is 0.412 e. The second kappa shape index (κ2) is 52.1. The van der Waals surface area contributed by atoms with Gasteiger partial charge in [-0.15, -0.1) is 11.3 Å². The number of nitrogens with one attached hydrogen (secondary N) is 7. The van der Waals surface area contributed by atoms with E-state index < -0.39 is 12.2 Å². The smallest absolute Gasteiger partial charge is 0.238 e. The van der Waals surface area contributed by atoms with Gasteiger partial charge in [-0.05, 0) is 138 Å². The van der Waals surface area contributed by atoms with Gasteiger partial charge in [0.25, 0.3) is 0 Å². The topological polar surface area (TPSA) is 363 Å². The van der Waals surface area contributed by atoms with Gasteiger partial charge >= 0.3 is 0 Å². The molecule has 5 fully saturated rings. The molecule has 4 atom stereocenters. The normalized spacial score (nSPS) is 16.8. The zero-order valence-electron chi connectivity index (χ0n) is 68.7. The summed E-state index contributed by atoms with van der Waals surface area (Å²) in [7, 11) is 1.93. The molecule has 4 unspecified atom stereocenters. The summed E-state index contributed by atoms with van der Waals surface area (Å²) in [5, 5.41) is 52.3. The van der Waals surface area contributed by atoms with E-state index in [0.717, 1.165) is 224 Å². The summed E-state index contributed by atoms with van der Waals surface area (Å²) in [6.07, 6.45) is 0.150. The van der Waals surface area contributed by atoms with E-state index in [9.17, 15) is 34.5 Å². The number of hydrogen-bond acceptors (Lipinski definition) is 23. The van der Waals surface area contributed by atoms with E-state index in [-0.39, 0.29) is 61.1 Å². The number of benzene rings is 6. The van der Waals surface area contributed by atoms with Gasteiger partial charge in [-0.3, -0.25) is 53.5 Å². The first-order valence-corrected chi connectivity index (χ1v) is 41.3. The Balaban J connectivity index is 0.000000258. The van der Waals surface area contributed by atoms with Crippen LogP contribution < -0.4 is 43.0 Å². The van der Waals surface area contributed by atoms with Crippen LogP contribution in [0.4, 0.5) is 27.9 Å². The average molecular weight is 1740 g/mol. The number of epoxide rings is 1. The molecule has 16 N–H and O–H groups in total. The van der Waals surface area contributed by atoms with Gasteiger partial charge in [0.1, 0.15) is 0 Å². The summed E-state index contributed by atoms with van der Waals surface area (Å²) < 4.78 is 7.79. The monoisotopic (exact) mass is 1740 g/mol. The fourth-order valence-corrected chi connectivity index (χ4v) is 15.3. The number of fused-ring (bicyclic) bond motifs is 2. The van der Waals surface area contributed by atoms with Crippen LogP contribution in [-0.4, -0.2) is 302 Å². The number of carbonyl (C=O) groups excluding carboxylic acids is 4. The summed E-state index contributed by atoms with van der Waals surface area (Å²) >= 11 is 8.80. The maximum atomic E-state index is 12.5. The number of para-hydroxylation sites is 6. The molecule has 5 saturated heterocycles. The number of nitrogens with zero attached hydrogens (tertiary/aromatic N) is 9. The Kier molecular flexibility index (Phi) is 44.7. The molecule has 0 spiro atoms. The van der Waals surface area contributed by atoms with E-state index in [0.29, 0.717) is 62.9 Å². The van der Waals surface area contributed by atoms with Gasteiger partial charge in [-0.2, -0.15) is 0 Å². The van der Waals surface area contributed by atoms with Crippen LogP contribution in [0.25, 0.3) is 20.4 Å². The summed E-state index contributed by atoms with van der Waals surface area (Å²) in [6, 6.07) is 40.1. The number of hydrogen-bond donors (Lipinski definition) is 11. The average Bonchev–Trinajstić information content (AvgIpc) is 1.57. The molecule has 0 bridgehead atoms. The SMILES string of the molecule is CCC(O)CN1CCN(CC(=O)Nc2c(C)cccc2C)CC1.CNCC1CO1.Cc1cccc(C)c1NC(=O)CN1CCN(CC(O)CN)CC1.Cc1cccc(C)c1NC(=O)CN1CCN(CC(O)CNc2nc3ccccc3s2)CC1.Cc1cccc(C)c1NC(=O)CN1CCNCC1.Clc1nc2ccccc2s1.O.O.[Pd]. The van der Waals surface area contributed by atoms with Crippen LogP contribution in [0.15, 0.2) is 121 Å². The fraction of sp³-hybridized carbons (Fsp3) is 0.500. The van der Waals surface area contributed by atoms with Gasteiger partial charge in [0.15, 0.2) is 9.60 Å². The molecular weight excluding hydrogens is 1610 g/mol. The molecule has 636 valence electrons. The number of aliphatic hydroxyl groups is 3. The predicted octanol–water partition coefficient (Wildman–Crippen LogP) is 6.80. The summed E-state index contributed by atoms with van der Waals surface area (Å²) in [4.78, 5) is 73.1. The van der Waals surface area contributed by atoms with Crippen molar-refractivity contribution in [2.45, 2.75) is 93.2 Å². The number of ether oxygens (including phenoxy) is 1. The Morgan fingerprint density at radius 3 is 1.10 bits per heavy atom. The molecule has 13 rings (SSSR count). The van der Waals surface area contributed by atoms with Crippen molar-refractivity contribution in [1.29, 1.82) is 0 Å². The number of likely N-dealkylation sites (N-methyl/N-ethyl adjacent to an activating group) is 1. The molecule has 5 aliphatic heterocycles. The number of carbonyl (C=O) groups is 4. The first kappa shape index (κ1) is 98.7. The van der Waals surface area contributed by atoms with Crippen LogP contribution in [0.5, 0.6) is 0 Å². The molecule has 0 radical (unpaired) electrons. The van der Waals surface area contributed by atoms with Crippen LogP contribution in [-0.2, 0) is 44.3 Å². The second-order valence-corrected chi connectivity index (χ2v) is 32.1.